The van der Waals surface area contributed by atoms with Crippen molar-refractivity contribution in [2.24, 2.45) is 0 Å². The summed E-state index contributed by atoms with van der Waals surface area (Å²) in [6.07, 6.45) is 19.5. The lowest BCUT2D eigenvalue weighted by Crippen LogP contribution is -2.43. The molecule has 0 amide bonds. The highest BCUT2D eigenvalue weighted by atomic mass is 35.5. The second-order valence-corrected chi connectivity index (χ2v) is 8.60. The fourth-order valence-corrected chi connectivity index (χ4v) is 3.37. The largest absolute Gasteiger partial charge is 0.459 e. The zero-order valence-corrected chi connectivity index (χ0v) is 18.6. The topological polar surface area (TPSA) is 26.3 Å². The molecule has 0 aromatic carbocycles. The van der Waals surface area contributed by atoms with Gasteiger partial charge < -0.3 is 9.22 Å². The molecule has 0 aromatic heterocycles. The van der Waals surface area contributed by atoms with Crippen LogP contribution in [0.15, 0.2) is 0 Å². The van der Waals surface area contributed by atoms with E-state index in [4.69, 9.17) is 16.3 Å². The van der Waals surface area contributed by atoms with Crippen LogP contribution in [-0.4, -0.2) is 50.1 Å². The van der Waals surface area contributed by atoms with Gasteiger partial charge in [-0.3, -0.25) is 4.79 Å². The number of quaternary nitrogens is 1. The Balaban J connectivity index is 3.30. The quantitative estimate of drug-likeness (QED) is 0.111. The average Bonchev–Trinajstić information content (AvgIpc) is 2.61. The third-order valence-corrected chi connectivity index (χ3v) is 5.40. The fraction of sp³-hybridized carbons (Fsp3) is 0.955. The molecule has 0 spiro atoms. The van der Waals surface area contributed by atoms with Crippen LogP contribution in [0.5, 0.6) is 0 Å². The first kappa shape index (κ1) is 25.7. The number of hydrogen-bond donors (Lipinski definition) is 0. The molecule has 3 nitrogen and oxygen atoms in total. The molecule has 4 heteroatoms. The molecule has 0 aliphatic carbocycles. The molecule has 156 valence electrons. The van der Waals surface area contributed by atoms with E-state index in [1.165, 1.54) is 89.9 Å². The number of nitrogens with zero attached hydrogens (tertiary/aromatic N) is 1. The number of halogens is 1. The highest BCUT2D eigenvalue weighted by molar-refractivity contribution is 6.26. The van der Waals surface area contributed by atoms with Crippen LogP contribution in [0.4, 0.5) is 0 Å². The van der Waals surface area contributed by atoms with Crippen molar-refractivity contribution in [3.05, 3.63) is 0 Å². The van der Waals surface area contributed by atoms with Crippen LogP contribution < -0.4 is 0 Å². The van der Waals surface area contributed by atoms with Crippen molar-refractivity contribution >= 4 is 17.6 Å². The summed E-state index contributed by atoms with van der Waals surface area (Å²) in [5, 5.41) is 0. The molecule has 0 fully saturated rings. The monoisotopic (exact) mass is 390 g/mol. The van der Waals surface area contributed by atoms with Gasteiger partial charge in [0.25, 0.3) is 0 Å². The van der Waals surface area contributed by atoms with Crippen LogP contribution in [0.1, 0.15) is 96.8 Å². The van der Waals surface area contributed by atoms with Crippen molar-refractivity contribution in [2.45, 2.75) is 96.8 Å². The smallest absolute Gasteiger partial charge is 0.321 e. The van der Waals surface area contributed by atoms with Gasteiger partial charge in [-0.1, -0.05) is 84.0 Å². The van der Waals surface area contributed by atoms with Crippen LogP contribution in [-0.2, 0) is 9.53 Å². The van der Waals surface area contributed by atoms with E-state index in [0.717, 1.165) is 17.6 Å². The molecular formula is C22H45ClNO2+. The third-order valence-electron chi connectivity index (χ3n) is 5.19. The standard InChI is InChI=1S/C22H45ClNO2/c1-4-5-6-7-8-9-10-11-12-13-14-15-16-17-18-24(2,3)19-20-26-22(25)21-23/h4-21H2,1-3H3/q+1. The van der Waals surface area contributed by atoms with Gasteiger partial charge in [0.2, 0.25) is 0 Å². The predicted molar refractivity (Wildman–Crippen MR) is 114 cm³/mol. The van der Waals surface area contributed by atoms with Gasteiger partial charge in [-0.15, -0.1) is 11.6 Å². The maximum absolute atomic E-state index is 11.0. The van der Waals surface area contributed by atoms with Gasteiger partial charge >= 0.3 is 5.97 Å². The van der Waals surface area contributed by atoms with Crippen molar-refractivity contribution in [3.63, 3.8) is 0 Å². The van der Waals surface area contributed by atoms with Gasteiger partial charge in [0.05, 0.1) is 20.6 Å². The number of esters is 1. The minimum atomic E-state index is -0.317. The summed E-state index contributed by atoms with van der Waals surface area (Å²) in [5.74, 6) is -0.366. The summed E-state index contributed by atoms with van der Waals surface area (Å²) < 4.78 is 5.98. The Kier molecular flexibility index (Phi) is 17.9. The number of unbranched alkanes of at least 4 members (excludes halogenated alkanes) is 13. The Morgan fingerprint density at radius 3 is 1.58 bits per heavy atom. The van der Waals surface area contributed by atoms with Crippen molar-refractivity contribution in [3.8, 4) is 0 Å². The number of ether oxygens (including phenoxy) is 1. The van der Waals surface area contributed by atoms with Crippen molar-refractivity contribution < 1.29 is 14.0 Å². The van der Waals surface area contributed by atoms with Crippen LogP contribution in [0.2, 0.25) is 0 Å². The van der Waals surface area contributed by atoms with E-state index in [1.54, 1.807) is 0 Å². The number of rotatable bonds is 19. The minimum Gasteiger partial charge on any atom is -0.459 e. The van der Waals surface area contributed by atoms with Gasteiger partial charge in [-0.05, 0) is 12.8 Å². The molecule has 0 radical (unpaired) electrons. The Labute approximate surface area is 168 Å². The molecule has 0 unspecified atom stereocenters. The number of likely N-dealkylation sites (N-methyl/N-ethyl adjacent to an activating group) is 1. The molecule has 26 heavy (non-hydrogen) atoms. The van der Waals surface area contributed by atoms with Gasteiger partial charge in [0.1, 0.15) is 19.0 Å². The van der Waals surface area contributed by atoms with Gasteiger partial charge in [-0.2, -0.15) is 0 Å². The minimum absolute atomic E-state index is 0.0492. The fourth-order valence-electron chi connectivity index (χ4n) is 3.29. The van der Waals surface area contributed by atoms with Crippen molar-refractivity contribution in [1.29, 1.82) is 0 Å². The molecule has 0 rings (SSSR count). The lowest BCUT2D eigenvalue weighted by atomic mass is 10.0. The molecule has 0 aliphatic rings. The summed E-state index contributed by atoms with van der Waals surface area (Å²) in [6.45, 7) is 4.76. The Hall–Kier alpha value is -0.280. The second-order valence-electron chi connectivity index (χ2n) is 8.33. The maximum Gasteiger partial charge on any atom is 0.321 e. The van der Waals surface area contributed by atoms with Crippen molar-refractivity contribution in [2.75, 3.05) is 39.7 Å². The third kappa shape index (κ3) is 18.5. The van der Waals surface area contributed by atoms with Crippen LogP contribution in [0, 0.1) is 0 Å². The van der Waals surface area contributed by atoms with E-state index in [2.05, 4.69) is 21.0 Å². The highest BCUT2D eigenvalue weighted by Gasteiger charge is 2.15. The summed E-state index contributed by atoms with van der Waals surface area (Å²) in [6, 6.07) is 0. The average molecular weight is 391 g/mol. The normalized spacial score (nSPS) is 11.7. The lowest BCUT2D eigenvalue weighted by Gasteiger charge is -2.29. The zero-order valence-electron chi connectivity index (χ0n) is 17.9. The van der Waals surface area contributed by atoms with E-state index in [-0.39, 0.29) is 11.8 Å². The molecule has 0 bridgehead atoms. The molecule has 0 heterocycles. The number of carbonyl (C=O) groups excluding carboxylic acids is 1. The first-order valence-corrected chi connectivity index (χ1v) is 11.6. The molecule has 0 atom stereocenters. The number of carbonyl (C=O) groups is 1. The van der Waals surface area contributed by atoms with Crippen LogP contribution >= 0.6 is 11.6 Å². The van der Waals surface area contributed by atoms with E-state index < -0.39 is 0 Å². The second kappa shape index (κ2) is 18.1. The molecule has 0 saturated heterocycles. The zero-order chi connectivity index (χ0) is 19.5. The van der Waals surface area contributed by atoms with Gasteiger partial charge in [-0.25, -0.2) is 0 Å². The summed E-state index contributed by atoms with van der Waals surface area (Å²) >= 11 is 5.42. The summed E-state index contributed by atoms with van der Waals surface area (Å²) in [5.41, 5.74) is 0. The Morgan fingerprint density at radius 2 is 1.15 bits per heavy atom. The van der Waals surface area contributed by atoms with E-state index in [9.17, 15) is 4.79 Å². The van der Waals surface area contributed by atoms with Gasteiger partial charge in [0.15, 0.2) is 0 Å². The van der Waals surface area contributed by atoms with Gasteiger partial charge in [0, 0.05) is 0 Å². The molecule has 0 saturated carbocycles. The summed E-state index contributed by atoms with van der Waals surface area (Å²) in [4.78, 5) is 11.0. The maximum atomic E-state index is 11.0. The molecular weight excluding hydrogens is 346 g/mol. The van der Waals surface area contributed by atoms with E-state index >= 15 is 0 Å². The van der Waals surface area contributed by atoms with Crippen LogP contribution in [0.3, 0.4) is 0 Å². The van der Waals surface area contributed by atoms with E-state index in [0.29, 0.717) is 6.61 Å². The number of hydrogen-bond acceptors (Lipinski definition) is 2. The molecule has 0 N–H and O–H groups in total. The highest BCUT2D eigenvalue weighted by Crippen LogP contribution is 2.13. The van der Waals surface area contributed by atoms with E-state index in [1.807, 2.05) is 0 Å². The molecule has 0 aliphatic heterocycles. The Bertz CT molecular complexity index is 321. The number of alkyl halides is 1. The SMILES string of the molecule is CCCCCCCCCCCCCCCC[N+](C)(C)CCOC(=O)CCl. The van der Waals surface area contributed by atoms with Crippen molar-refractivity contribution in [1.82, 2.24) is 0 Å². The lowest BCUT2D eigenvalue weighted by molar-refractivity contribution is -0.890. The molecule has 0 aromatic rings. The van der Waals surface area contributed by atoms with Crippen LogP contribution in [0.25, 0.3) is 0 Å². The first-order chi connectivity index (χ1) is 12.5. The predicted octanol–water partition coefficient (Wildman–Crippen LogP) is 6.33. The summed E-state index contributed by atoms with van der Waals surface area (Å²) in [7, 11) is 4.41. The first-order valence-electron chi connectivity index (χ1n) is 11.1. The Morgan fingerprint density at radius 1 is 0.731 bits per heavy atom.